The van der Waals surface area contributed by atoms with E-state index in [1.165, 1.54) is 12.7 Å². The molecule has 2 rings (SSSR count). The molecule has 0 aliphatic carbocycles. The molecular formula is C8H7F3N4OS. The van der Waals surface area contributed by atoms with Gasteiger partial charge in [-0.3, -0.25) is 4.79 Å². The van der Waals surface area contributed by atoms with Crippen molar-refractivity contribution < 1.29 is 13.2 Å². The maximum absolute atomic E-state index is 11.9. The molecule has 0 amide bonds. The van der Waals surface area contributed by atoms with Crippen LogP contribution in [-0.4, -0.2) is 30.9 Å². The first kappa shape index (κ1) is 12.0. The largest absolute Gasteiger partial charge is 0.389 e. The van der Waals surface area contributed by atoms with Crippen molar-refractivity contribution in [2.45, 2.75) is 12.6 Å². The molecule has 0 saturated carbocycles. The van der Waals surface area contributed by atoms with Crippen molar-refractivity contribution in [2.75, 3.05) is 5.75 Å². The molecular weight excluding hydrogens is 257 g/mol. The SMILES string of the molecule is O=c1c2[nH]cnc2ncn1SCCC(F)(F)F. The monoisotopic (exact) mass is 264 g/mol. The fraction of sp³-hybridized carbons (Fsp3) is 0.375. The van der Waals surface area contributed by atoms with Crippen LogP contribution in [0.25, 0.3) is 11.2 Å². The molecule has 1 N–H and O–H groups in total. The summed E-state index contributed by atoms with van der Waals surface area (Å²) in [6.07, 6.45) is -2.69. The second-order valence-corrected chi connectivity index (χ2v) is 4.23. The Hall–Kier alpha value is -1.51. The first-order valence-electron chi connectivity index (χ1n) is 4.58. The number of hydrogen-bond donors (Lipinski definition) is 1. The van der Waals surface area contributed by atoms with Crippen molar-refractivity contribution in [2.24, 2.45) is 0 Å². The Bertz CT molecular complexity index is 576. The summed E-state index contributed by atoms with van der Waals surface area (Å²) in [5.41, 5.74) is -0.00523. The highest BCUT2D eigenvalue weighted by atomic mass is 32.2. The Kier molecular flexibility index (Phi) is 3.09. The van der Waals surface area contributed by atoms with Crippen LogP contribution in [0.5, 0.6) is 0 Å². The zero-order chi connectivity index (χ0) is 12.5. The van der Waals surface area contributed by atoms with Gasteiger partial charge in [-0.15, -0.1) is 0 Å². The molecule has 0 radical (unpaired) electrons. The summed E-state index contributed by atoms with van der Waals surface area (Å²) < 4.78 is 36.9. The van der Waals surface area contributed by atoms with Gasteiger partial charge in [0.1, 0.15) is 6.33 Å². The van der Waals surface area contributed by atoms with E-state index in [1.807, 2.05) is 0 Å². The van der Waals surface area contributed by atoms with Gasteiger partial charge in [0.15, 0.2) is 11.2 Å². The van der Waals surface area contributed by atoms with Crippen molar-refractivity contribution in [3.8, 4) is 0 Å². The molecule has 2 aromatic heterocycles. The standard InChI is InChI=1S/C8H7F3N4OS/c9-8(10,11)1-2-17-15-4-14-6-5(7(15)16)12-3-13-6/h3-4H,1-2H2,(H,12,13). The lowest BCUT2D eigenvalue weighted by Gasteiger charge is -2.06. The van der Waals surface area contributed by atoms with Crippen molar-refractivity contribution >= 4 is 23.1 Å². The molecule has 0 aliphatic rings. The number of aromatic amines is 1. The van der Waals surface area contributed by atoms with Gasteiger partial charge in [0.05, 0.1) is 12.7 Å². The second-order valence-electron chi connectivity index (χ2n) is 3.18. The fourth-order valence-electron chi connectivity index (χ4n) is 1.16. The van der Waals surface area contributed by atoms with E-state index in [2.05, 4.69) is 15.0 Å². The van der Waals surface area contributed by atoms with E-state index >= 15 is 0 Å². The highest BCUT2D eigenvalue weighted by Crippen LogP contribution is 2.22. The molecule has 0 aliphatic heterocycles. The predicted molar refractivity (Wildman–Crippen MR) is 56.7 cm³/mol. The average Bonchev–Trinajstić information content (AvgIpc) is 2.68. The van der Waals surface area contributed by atoms with Crippen LogP contribution in [0.1, 0.15) is 6.42 Å². The molecule has 0 spiro atoms. The lowest BCUT2D eigenvalue weighted by atomic mass is 10.5. The molecule has 0 fully saturated rings. The molecule has 9 heteroatoms. The minimum atomic E-state index is -4.22. The molecule has 2 aromatic rings. The zero-order valence-electron chi connectivity index (χ0n) is 8.36. The Morgan fingerprint density at radius 2 is 2.18 bits per heavy atom. The van der Waals surface area contributed by atoms with E-state index in [1.54, 1.807) is 0 Å². The number of imidazole rings is 1. The summed E-state index contributed by atoms with van der Waals surface area (Å²) in [6.45, 7) is 0. The summed E-state index contributed by atoms with van der Waals surface area (Å²) in [7, 11) is 0. The van der Waals surface area contributed by atoms with Crippen LogP contribution in [-0.2, 0) is 0 Å². The van der Waals surface area contributed by atoms with Crippen LogP contribution >= 0.6 is 11.9 Å². The van der Waals surface area contributed by atoms with Gasteiger partial charge >= 0.3 is 6.18 Å². The van der Waals surface area contributed by atoms with Crippen molar-refractivity contribution in [1.29, 1.82) is 0 Å². The second kappa shape index (κ2) is 4.40. The van der Waals surface area contributed by atoms with Gasteiger partial charge in [-0.25, -0.2) is 13.9 Å². The summed E-state index contributed by atoms with van der Waals surface area (Å²) in [5, 5.41) is 0. The molecule has 0 aromatic carbocycles. The summed E-state index contributed by atoms with van der Waals surface area (Å²) in [6, 6.07) is 0. The smallest absolute Gasteiger partial charge is 0.339 e. The molecule has 0 bridgehead atoms. The van der Waals surface area contributed by atoms with E-state index < -0.39 is 18.2 Å². The molecule has 0 saturated heterocycles. The van der Waals surface area contributed by atoms with E-state index in [0.29, 0.717) is 0 Å². The van der Waals surface area contributed by atoms with Crippen LogP contribution in [0.4, 0.5) is 13.2 Å². The molecule has 5 nitrogen and oxygen atoms in total. The number of nitrogens with one attached hydrogen (secondary N) is 1. The first-order chi connectivity index (χ1) is 7.97. The maximum atomic E-state index is 11.9. The number of hydrogen-bond acceptors (Lipinski definition) is 4. The van der Waals surface area contributed by atoms with Gasteiger partial charge in [0.25, 0.3) is 5.56 Å². The quantitative estimate of drug-likeness (QED) is 0.914. The van der Waals surface area contributed by atoms with Crippen molar-refractivity contribution in [3.63, 3.8) is 0 Å². The third kappa shape index (κ3) is 2.78. The van der Waals surface area contributed by atoms with E-state index in [0.717, 1.165) is 15.9 Å². The van der Waals surface area contributed by atoms with Gasteiger partial charge < -0.3 is 4.98 Å². The number of rotatable bonds is 3. The third-order valence-corrected chi connectivity index (χ3v) is 2.86. The van der Waals surface area contributed by atoms with Gasteiger partial charge in [-0.05, 0) is 11.9 Å². The Morgan fingerprint density at radius 1 is 1.41 bits per heavy atom. The number of halogens is 3. The molecule has 92 valence electrons. The minimum Gasteiger partial charge on any atom is -0.339 e. The normalized spacial score (nSPS) is 12.2. The number of nitrogens with zero attached hydrogens (tertiary/aromatic N) is 3. The number of H-pyrrole nitrogens is 1. The molecule has 0 atom stereocenters. The van der Waals surface area contributed by atoms with Gasteiger partial charge in [0.2, 0.25) is 0 Å². The summed E-state index contributed by atoms with van der Waals surface area (Å²) in [5.74, 6) is -0.231. The maximum Gasteiger partial charge on any atom is 0.389 e. The summed E-state index contributed by atoms with van der Waals surface area (Å²) >= 11 is 0.766. The minimum absolute atomic E-state index is 0.187. The van der Waals surface area contributed by atoms with E-state index in [4.69, 9.17) is 0 Å². The van der Waals surface area contributed by atoms with Gasteiger partial charge in [-0.2, -0.15) is 13.2 Å². The van der Waals surface area contributed by atoms with Crippen LogP contribution in [0.2, 0.25) is 0 Å². The Labute approximate surface area is 97.2 Å². The first-order valence-corrected chi connectivity index (χ1v) is 5.52. The zero-order valence-corrected chi connectivity index (χ0v) is 9.18. The molecule has 0 unspecified atom stereocenters. The average molecular weight is 264 g/mol. The Morgan fingerprint density at radius 3 is 2.88 bits per heavy atom. The van der Waals surface area contributed by atoms with Gasteiger partial charge in [-0.1, -0.05) is 0 Å². The van der Waals surface area contributed by atoms with E-state index in [-0.39, 0.29) is 16.9 Å². The third-order valence-electron chi connectivity index (χ3n) is 1.93. The van der Waals surface area contributed by atoms with Gasteiger partial charge in [0, 0.05) is 5.75 Å². The summed E-state index contributed by atoms with van der Waals surface area (Å²) in [4.78, 5) is 21.9. The van der Waals surface area contributed by atoms with Crippen LogP contribution in [0.3, 0.4) is 0 Å². The highest BCUT2D eigenvalue weighted by Gasteiger charge is 2.26. The number of alkyl halides is 3. The number of aromatic nitrogens is 4. The molecule has 2 heterocycles. The van der Waals surface area contributed by atoms with Crippen molar-refractivity contribution in [1.82, 2.24) is 18.9 Å². The molecule has 17 heavy (non-hydrogen) atoms. The Balaban J connectivity index is 2.14. The van der Waals surface area contributed by atoms with Crippen LogP contribution in [0.15, 0.2) is 17.4 Å². The van der Waals surface area contributed by atoms with E-state index in [9.17, 15) is 18.0 Å². The lowest BCUT2D eigenvalue weighted by molar-refractivity contribution is -0.129. The van der Waals surface area contributed by atoms with Crippen LogP contribution < -0.4 is 5.56 Å². The fourth-order valence-corrected chi connectivity index (χ4v) is 2.01. The predicted octanol–water partition coefficient (Wildman–Crippen LogP) is 1.57. The number of fused-ring (bicyclic) bond motifs is 1. The van der Waals surface area contributed by atoms with Crippen molar-refractivity contribution in [3.05, 3.63) is 23.0 Å². The van der Waals surface area contributed by atoms with Crippen LogP contribution in [0, 0.1) is 0 Å². The highest BCUT2D eigenvalue weighted by molar-refractivity contribution is 7.97. The topological polar surface area (TPSA) is 63.6 Å². The lowest BCUT2D eigenvalue weighted by Crippen LogP contribution is -2.17.